The fourth-order valence-electron chi connectivity index (χ4n) is 3.29. The zero-order chi connectivity index (χ0) is 14.7. The number of aromatic nitrogens is 1. The second-order valence-corrected chi connectivity index (χ2v) is 5.96. The summed E-state index contributed by atoms with van der Waals surface area (Å²) in [5.41, 5.74) is 1.76. The van der Waals surface area contributed by atoms with Crippen molar-refractivity contribution in [3.63, 3.8) is 0 Å². The van der Waals surface area contributed by atoms with Crippen molar-refractivity contribution in [2.75, 3.05) is 0 Å². The van der Waals surface area contributed by atoms with E-state index in [1.54, 1.807) is 6.07 Å². The van der Waals surface area contributed by atoms with Gasteiger partial charge in [0.15, 0.2) is 0 Å². The molecule has 1 aromatic carbocycles. The molecule has 3 rings (SSSR count). The molecule has 2 N–H and O–H groups in total. The van der Waals surface area contributed by atoms with Crippen molar-refractivity contribution in [2.45, 2.75) is 38.5 Å². The first-order valence-corrected chi connectivity index (χ1v) is 7.74. The van der Waals surface area contributed by atoms with Crippen molar-refractivity contribution >= 4 is 0 Å². The lowest BCUT2D eigenvalue weighted by molar-refractivity contribution is 0.353. The Hall–Kier alpha value is -2.03. The third-order valence-electron chi connectivity index (χ3n) is 4.36. The molecule has 3 nitrogen and oxygen atoms in total. The first-order valence-electron chi connectivity index (χ1n) is 7.74. The molecule has 1 heterocycles. The molecule has 0 spiro atoms. The Morgan fingerprint density at radius 1 is 1.10 bits per heavy atom. The average Bonchev–Trinajstić information content (AvgIpc) is 2.49. The SMILES string of the molecule is O=c1[nH]c(CC2CCCCC2)cc(O)c1-c1ccccc1. The third-order valence-corrected chi connectivity index (χ3v) is 4.36. The maximum Gasteiger partial charge on any atom is 0.259 e. The van der Waals surface area contributed by atoms with E-state index in [2.05, 4.69) is 4.98 Å². The molecule has 0 unspecified atom stereocenters. The summed E-state index contributed by atoms with van der Waals surface area (Å²) >= 11 is 0. The van der Waals surface area contributed by atoms with Crippen molar-refractivity contribution in [1.82, 2.24) is 4.98 Å². The van der Waals surface area contributed by atoms with Crippen LogP contribution in [-0.4, -0.2) is 10.1 Å². The molecule has 3 heteroatoms. The Balaban J connectivity index is 1.87. The topological polar surface area (TPSA) is 53.1 Å². The number of rotatable bonds is 3. The molecule has 21 heavy (non-hydrogen) atoms. The van der Waals surface area contributed by atoms with Gasteiger partial charge in [-0.1, -0.05) is 62.4 Å². The number of H-pyrrole nitrogens is 1. The van der Waals surface area contributed by atoms with Crippen LogP contribution < -0.4 is 5.56 Å². The predicted octanol–water partition coefficient (Wildman–Crippen LogP) is 3.87. The van der Waals surface area contributed by atoms with Crippen molar-refractivity contribution in [2.24, 2.45) is 5.92 Å². The van der Waals surface area contributed by atoms with Crippen LogP contribution >= 0.6 is 0 Å². The minimum atomic E-state index is -0.202. The lowest BCUT2D eigenvalue weighted by Gasteiger charge is -2.21. The standard InChI is InChI=1S/C18H21NO2/c20-16-12-15(11-13-7-3-1-4-8-13)19-18(21)17(16)14-9-5-2-6-10-14/h2,5-6,9-10,12-13H,1,3-4,7-8,11H2,(H2,19,20,21). The van der Waals surface area contributed by atoms with Crippen LogP contribution in [0.3, 0.4) is 0 Å². The Bertz CT molecular complexity index is 655. The third kappa shape index (κ3) is 3.18. The van der Waals surface area contributed by atoms with Crippen LogP contribution in [0.1, 0.15) is 37.8 Å². The van der Waals surface area contributed by atoms with E-state index in [0.717, 1.165) is 17.7 Å². The van der Waals surface area contributed by atoms with Crippen molar-refractivity contribution in [3.05, 3.63) is 52.4 Å². The van der Waals surface area contributed by atoms with E-state index in [0.29, 0.717) is 11.5 Å². The number of aromatic hydroxyl groups is 1. The second-order valence-electron chi connectivity index (χ2n) is 5.96. The van der Waals surface area contributed by atoms with Gasteiger partial charge in [0.05, 0.1) is 5.56 Å². The van der Waals surface area contributed by atoms with Crippen LogP contribution in [-0.2, 0) is 6.42 Å². The summed E-state index contributed by atoms with van der Waals surface area (Å²) in [6.07, 6.45) is 7.20. The lowest BCUT2D eigenvalue weighted by Crippen LogP contribution is -2.16. The van der Waals surface area contributed by atoms with Crippen LogP contribution in [0.4, 0.5) is 0 Å². The molecule has 0 atom stereocenters. The summed E-state index contributed by atoms with van der Waals surface area (Å²) in [5.74, 6) is 0.715. The summed E-state index contributed by atoms with van der Waals surface area (Å²) < 4.78 is 0. The molecule has 1 aromatic heterocycles. The molecular formula is C18H21NO2. The second kappa shape index (κ2) is 6.17. The Labute approximate surface area is 124 Å². The molecule has 0 radical (unpaired) electrons. The van der Waals surface area contributed by atoms with Crippen LogP contribution in [0.25, 0.3) is 11.1 Å². The fraction of sp³-hybridized carbons (Fsp3) is 0.389. The molecule has 0 saturated heterocycles. The van der Waals surface area contributed by atoms with Crippen molar-refractivity contribution in [3.8, 4) is 16.9 Å². The van der Waals surface area contributed by atoms with Crippen LogP contribution in [0.15, 0.2) is 41.2 Å². The van der Waals surface area contributed by atoms with E-state index in [4.69, 9.17) is 0 Å². The van der Waals surface area contributed by atoms with Gasteiger partial charge in [0, 0.05) is 11.8 Å². The van der Waals surface area contributed by atoms with Crippen LogP contribution in [0, 0.1) is 5.92 Å². The van der Waals surface area contributed by atoms with Crippen LogP contribution in [0.2, 0.25) is 0 Å². The lowest BCUT2D eigenvalue weighted by atomic mass is 9.86. The molecule has 0 bridgehead atoms. The maximum atomic E-state index is 12.3. The minimum absolute atomic E-state index is 0.0794. The average molecular weight is 283 g/mol. The molecule has 2 aromatic rings. The first-order chi connectivity index (χ1) is 10.2. The first kappa shape index (κ1) is 13.9. The quantitative estimate of drug-likeness (QED) is 0.898. The summed E-state index contributed by atoms with van der Waals surface area (Å²) in [6, 6.07) is 11.0. The highest BCUT2D eigenvalue weighted by Gasteiger charge is 2.16. The molecule has 1 fully saturated rings. The van der Waals surface area contributed by atoms with E-state index in [-0.39, 0.29) is 11.3 Å². The molecule has 110 valence electrons. The van der Waals surface area contributed by atoms with E-state index < -0.39 is 0 Å². The van der Waals surface area contributed by atoms with Crippen LogP contribution in [0.5, 0.6) is 5.75 Å². The Morgan fingerprint density at radius 2 is 1.81 bits per heavy atom. The highest BCUT2D eigenvalue weighted by atomic mass is 16.3. The number of hydrogen-bond acceptors (Lipinski definition) is 2. The monoisotopic (exact) mass is 283 g/mol. The van der Waals surface area contributed by atoms with Gasteiger partial charge >= 0.3 is 0 Å². The number of aromatic amines is 1. The molecule has 0 aliphatic heterocycles. The fourth-order valence-corrected chi connectivity index (χ4v) is 3.29. The van der Waals surface area contributed by atoms with Crippen molar-refractivity contribution in [1.29, 1.82) is 0 Å². The molecule has 1 aliphatic carbocycles. The van der Waals surface area contributed by atoms with Crippen molar-refractivity contribution < 1.29 is 5.11 Å². The smallest absolute Gasteiger partial charge is 0.259 e. The maximum absolute atomic E-state index is 12.3. The molecule has 1 aliphatic rings. The normalized spacial score (nSPS) is 16.0. The largest absolute Gasteiger partial charge is 0.507 e. The highest BCUT2D eigenvalue weighted by molar-refractivity contribution is 5.68. The molecular weight excluding hydrogens is 262 g/mol. The number of benzene rings is 1. The van der Waals surface area contributed by atoms with E-state index in [1.807, 2.05) is 30.3 Å². The van der Waals surface area contributed by atoms with E-state index in [9.17, 15) is 9.90 Å². The van der Waals surface area contributed by atoms with E-state index in [1.165, 1.54) is 32.1 Å². The Kier molecular flexibility index (Phi) is 4.09. The number of nitrogens with one attached hydrogen (secondary N) is 1. The van der Waals surface area contributed by atoms with E-state index >= 15 is 0 Å². The Morgan fingerprint density at radius 3 is 2.48 bits per heavy atom. The number of hydrogen-bond donors (Lipinski definition) is 2. The van der Waals surface area contributed by atoms with Gasteiger partial charge in [0.25, 0.3) is 5.56 Å². The summed E-state index contributed by atoms with van der Waals surface area (Å²) in [5, 5.41) is 10.2. The van der Waals surface area contributed by atoms with Gasteiger partial charge in [-0.05, 0) is 17.9 Å². The predicted molar refractivity (Wildman–Crippen MR) is 84.4 cm³/mol. The van der Waals surface area contributed by atoms with Gasteiger partial charge in [-0.2, -0.15) is 0 Å². The zero-order valence-electron chi connectivity index (χ0n) is 12.1. The highest BCUT2D eigenvalue weighted by Crippen LogP contribution is 2.29. The zero-order valence-corrected chi connectivity index (χ0v) is 12.1. The van der Waals surface area contributed by atoms with Gasteiger partial charge in [-0.25, -0.2) is 0 Å². The molecule has 1 saturated carbocycles. The molecule has 0 amide bonds. The minimum Gasteiger partial charge on any atom is -0.507 e. The van der Waals surface area contributed by atoms with Gasteiger partial charge in [-0.15, -0.1) is 0 Å². The summed E-state index contributed by atoms with van der Waals surface area (Å²) in [7, 11) is 0. The summed E-state index contributed by atoms with van der Waals surface area (Å²) in [4.78, 5) is 15.2. The van der Waals surface area contributed by atoms with Gasteiger partial charge in [0.1, 0.15) is 5.75 Å². The summed E-state index contributed by atoms with van der Waals surface area (Å²) in [6.45, 7) is 0. The van der Waals surface area contributed by atoms with Gasteiger partial charge < -0.3 is 10.1 Å². The number of pyridine rings is 1. The van der Waals surface area contributed by atoms with Gasteiger partial charge in [-0.3, -0.25) is 4.79 Å². The van der Waals surface area contributed by atoms with Gasteiger partial charge in [0.2, 0.25) is 0 Å².